The predicted octanol–water partition coefficient (Wildman–Crippen LogP) is 2.12. The van der Waals surface area contributed by atoms with E-state index < -0.39 is 29.2 Å². The predicted molar refractivity (Wildman–Crippen MR) is 132 cm³/mol. The monoisotopic (exact) mass is 513 g/mol. The zero-order valence-electron chi connectivity index (χ0n) is 20.4. The van der Waals surface area contributed by atoms with E-state index in [4.69, 9.17) is 14.2 Å². The van der Waals surface area contributed by atoms with Crippen molar-refractivity contribution in [1.29, 1.82) is 0 Å². The molecule has 0 aliphatic carbocycles. The zero-order chi connectivity index (χ0) is 26.9. The fraction of sp³-hybridized carbons (Fsp3) is 0.292. The number of carbonyl (C=O) groups is 2. The summed E-state index contributed by atoms with van der Waals surface area (Å²) < 4.78 is 16.2. The number of methoxy groups -OCH3 is 1. The molecule has 0 fully saturated rings. The molecule has 1 aliphatic rings. The molecule has 0 aromatic heterocycles. The van der Waals surface area contributed by atoms with E-state index in [0.717, 1.165) is 0 Å². The first-order valence-electron chi connectivity index (χ1n) is 11.2. The Hall–Kier alpha value is -4.65. The standard InChI is InChI=1S/C24H27N5O8/c1-4-36-19-11-15(22-21(23(31)35-3)14(2)26-24(32)27-22)9-10-18(19)37-13-20(30)28-25-12-16-7-5-6-8-17(16)29(33)34/h5-12,20,22,28,30H,4,13H2,1-3H3,(H2,26,27,32)/b25-12-/t20-,22-/m1/s1. The van der Waals surface area contributed by atoms with E-state index in [9.17, 15) is 24.8 Å². The van der Waals surface area contributed by atoms with Gasteiger partial charge in [-0.1, -0.05) is 18.2 Å². The number of nitro groups is 1. The van der Waals surface area contributed by atoms with E-state index >= 15 is 0 Å². The third-order valence-corrected chi connectivity index (χ3v) is 5.23. The highest BCUT2D eigenvalue weighted by molar-refractivity contribution is 5.95. The molecule has 1 heterocycles. The second-order valence-electron chi connectivity index (χ2n) is 7.73. The van der Waals surface area contributed by atoms with E-state index in [1.54, 1.807) is 44.2 Å². The molecule has 2 aromatic rings. The van der Waals surface area contributed by atoms with Crippen LogP contribution in [0.5, 0.6) is 11.5 Å². The number of para-hydroxylation sites is 1. The summed E-state index contributed by atoms with van der Waals surface area (Å²) in [5.41, 5.74) is 3.76. The van der Waals surface area contributed by atoms with E-state index in [2.05, 4.69) is 21.2 Å². The molecule has 2 amide bonds. The molecule has 2 aromatic carbocycles. The number of hydrazone groups is 1. The number of hydrogen-bond donors (Lipinski definition) is 4. The fourth-order valence-corrected chi connectivity index (χ4v) is 3.58. The number of hydrogen-bond acceptors (Lipinski definition) is 10. The third kappa shape index (κ3) is 6.73. The first-order chi connectivity index (χ1) is 17.7. The Morgan fingerprint density at radius 1 is 1.27 bits per heavy atom. The molecule has 37 heavy (non-hydrogen) atoms. The summed E-state index contributed by atoms with van der Waals surface area (Å²) >= 11 is 0. The molecule has 3 rings (SSSR count). The fourth-order valence-electron chi connectivity index (χ4n) is 3.58. The largest absolute Gasteiger partial charge is 0.490 e. The number of rotatable bonds is 11. The van der Waals surface area contributed by atoms with Crippen molar-refractivity contribution in [3.05, 3.63) is 75.0 Å². The minimum Gasteiger partial charge on any atom is -0.490 e. The van der Waals surface area contributed by atoms with Gasteiger partial charge in [0.2, 0.25) is 0 Å². The van der Waals surface area contributed by atoms with Gasteiger partial charge in [-0.2, -0.15) is 5.10 Å². The number of urea groups is 1. The molecule has 13 heteroatoms. The van der Waals surface area contributed by atoms with Gasteiger partial charge in [0.05, 0.1) is 42.0 Å². The summed E-state index contributed by atoms with van der Waals surface area (Å²) in [5, 5.41) is 30.4. The van der Waals surface area contributed by atoms with Crippen molar-refractivity contribution in [2.45, 2.75) is 26.1 Å². The summed E-state index contributed by atoms with van der Waals surface area (Å²) in [5.74, 6) is 0.0313. The highest BCUT2D eigenvalue weighted by atomic mass is 16.6. The van der Waals surface area contributed by atoms with Crippen LogP contribution in [0.3, 0.4) is 0 Å². The Balaban J connectivity index is 1.72. The third-order valence-electron chi connectivity index (χ3n) is 5.23. The smallest absolute Gasteiger partial charge is 0.337 e. The van der Waals surface area contributed by atoms with Crippen molar-refractivity contribution in [2.75, 3.05) is 20.3 Å². The van der Waals surface area contributed by atoms with Crippen LogP contribution in [0.25, 0.3) is 0 Å². The number of carbonyl (C=O) groups excluding carboxylic acids is 2. The minimum absolute atomic E-state index is 0.120. The lowest BCUT2D eigenvalue weighted by atomic mass is 9.95. The van der Waals surface area contributed by atoms with Gasteiger partial charge in [-0.3, -0.25) is 15.5 Å². The molecular formula is C24H27N5O8. The SMILES string of the molecule is CCOc1cc([C@H]2NC(=O)NC(C)=C2C(=O)OC)ccc1OC[C@@H](O)N/N=C\c1ccccc1[N+](=O)[O-]. The minimum atomic E-state index is -1.24. The van der Waals surface area contributed by atoms with E-state index in [0.29, 0.717) is 29.4 Å². The van der Waals surface area contributed by atoms with Crippen LogP contribution in [-0.2, 0) is 9.53 Å². The van der Waals surface area contributed by atoms with Gasteiger partial charge in [-0.15, -0.1) is 0 Å². The summed E-state index contributed by atoms with van der Waals surface area (Å²) in [7, 11) is 1.25. The number of benzene rings is 2. The van der Waals surface area contributed by atoms with Crippen LogP contribution < -0.4 is 25.5 Å². The number of aliphatic hydroxyl groups excluding tert-OH is 1. The normalized spacial score (nSPS) is 16.0. The number of ether oxygens (including phenoxy) is 3. The second-order valence-corrected chi connectivity index (χ2v) is 7.73. The maximum absolute atomic E-state index is 12.3. The van der Waals surface area contributed by atoms with Gasteiger partial charge in [0.1, 0.15) is 6.61 Å². The van der Waals surface area contributed by atoms with Crippen molar-refractivity contribution in [3.63, 3.8) is 0 Å². The molecule has 1 aliphatic heterocycles. The molecule has 4 N–H and O–H groups in total. The Morgan fingerprint density at radius 3 is 2.73 bits per heavy atom. The number of esters is 1. The molecule has 0 radical (unpaired) electrons. The van der Waals surface area contributed by atoms with E-state index in [-0.39, 0.29) is 23.4 Å². The van der Waals surface area contributed by atoms with Gasteiger partial charge in [-0.25, -0.2) is 9.59 Å². The lowest BCUT2D eigenvalue weighted by Gasteiger charge is -2.28. The van der Waals surface area contributed by atoms with Crippen LogP contribution >= 0.6 is 0 Å². The van der Waals surface area contributed by atoms with Gasteiger partial charge in [0.15, 0.2) is 17.7 Å². The number of allylic oxidation sites excluding steroid dienone is 1. The molecule has 0 unspecified atom stereocenters. The molecule has 0 bridgehead atoms. The summed E-state index contributed by atoms with van der Waals surface area (Å²) in [4.78, 5) is 35.0. The van der Waals surface area contributed by atoms with Crippen LogP contribution in [0.2, 0.25) is 0 Å². The maximum atomic E-state index is 12.3. The molecule has 0 saturated carbocycles. The van der Waals surface area contributed by atoms with Crippen LogP contribution in [-0.4, -0.2) is 54.8 Å². The van der Waals surface area contributed by atoms with Crippen LogP contribution in [0.15, 0.2) is 58.8 Å². The summed E-state index contributed by atoms with van der Waals surface area (Å²) in [6.07, 6.45) is -0.0165. The summed E-state index contributed by atoms with van der Waals surface area (Å²) in [6.45, 7) is 3.45. The molecule has 0 spiro atoms. The Morgan fingerprint density at radius 2 is 2.03 bits per heavy atom. The highest BCUT2D eigenvalue weighted by Gasteiger charge is 2.32. The van der Waals surface area contributed by atoms with Gasteiger partial charge in [0.25, 0.3) is 5.69 Å². The van der Waals surface area contributed by atoms with Crippen molar-refractivity contribution in [2.24, 2.45) is 5.10 Å². The Kier molecular flexibility index (Phi) is 9.00. The molecule has 0 saturated heterocycles. The average molecular weight is 514 g/mol. The van der Waals surface area contributed by atoms with E-state index in [1.165, 1.54) is 25.5 Å². The number of amides is 2. The van der Waals surface area contributed by atoms with Gasteiger partial charge >= 0.3 is 12.0 Å². The highest BCUT2D eigenvalue weighted by Crippen LogP contribution is 2.34. The van der Waals surface area contributed by atoms with E-state index in [1.807, 2.05) is 0 Å². The molecular weight excluding hydrogens is 486 g/mol. The Bertz CT molecular complexity index is 1230. The maximum Gasteiger partial charge on any atom is 0.337 e. The van der Waals surface area contributed by atoms with Crippen LogP contribution in [0.4, 0.5) is 10.5 Å². The average Bonchev–Trinajstić information content (AvgIpc) is 2.87. The number of nitro benzene ring substituents is 1. The van der Waals surface area contributed by atoms with Crippen molar-refractivity contribution >= 4 is 23.9 Å². The number of nitrogens with zero attached hydrogens (tertiary/aromatic N) is 2. The van der Waals surface area contributed by atoms with Crippen LogP contribution in [0, 0.1) is 10.1 Å². The van der Waals surface area contributed by atoms with Crippen molar-refractivity contribution in [3.8, 4) is 11.5 Å². The Labute approximate surface area is 212 Å². The summed E-state index contributed by atoms with van der Waals surface area (Å²) in [6, 6.07) is 9.65. The number of aliphatic hydroxyl groups is 1. The van der Waals surface area contributed by atoms with Gasteiger partial charge in [0, 0.05) is 11.8 Å². The molecule has 196 valence electrons. The first kappa shape index (κ1) is 26.9. The van der Waals surface area contributed by atoms with Gasteiger partial charge < -0.3 is 30.0 Å². The lowest BCUT2D eigenvalue weighted by molar-refractivity contribution is -0.385. The van der Waals surface area contributed by atoms with Gasteiger partial charge in [-0.05, 0) is 37.6 Å². The quantitative estimate of drug-likeness (QED) is 0.115. The lowest BCUT2D eigenvalue weighted by Crippen LogP contribution is -2.45. The van der Waals surface area contributed by atoms with Crippen molar-refractivity contribution in [1.82, 2.24) is 16.1 Å². The first-order valence-corrected chi connectivity index (χ1v) is 11.2. The molecule has 2 atom stereocenters. The van der Waals surface area contributed by atoms with Crippen LogP contribution in [0.1, 0.15) is 31.0 Å². The van der Waals surface area contributed by atoms with Crippen molar-refractivity contribution < 1.29 is 33.8 Å². The molecule has 13 nitrogen and oxygen atoms in total. The topological polar surface area (TPSA) is 174 Å². The zero-order valence-corrected chi connectivity index (χ0v) is 20.4. The number of nitrogens with one attached hydrogen (secondary N) is 3. The second kappa shape index (κ2) is 12.4.